The zero-order valence-electron chi connectivity index (χ0n) is 20.6. The maximum absolute atomic E-state index is 14.3. The summed E-state index contributed by atoms with van der Waals surface area (Å²) in [5.41, 5.74) is -2.92. The van der Waals surface area contributed by atoms with Crippen LogP contribution in [-0.4, -0.2) is 55.5 Å². The molecular formula is C25H27Cl2F3N4O4. The predicted octanol–water partition coefficient (Wildman–Crippen LogP) is 5.93. The van der Waals surface area contributed by atoms with Gasteiger partial charge in [0.15, 0.2) is 11.5 Å². The molecule has 2 aliphatic carbocycles. The molecule has 0 aliphatic heterocycles. The summed E-state index contributed by atoms with van der Waals surface area (Å²) in [7, 11) is 0. The first-order valence-electron chi connectivity index (χ1n) is 12.3. The molecule has 0 bridgehead atoms. The van der Waals surface area contributed by atoms with Crippen molar-refractivity contribution in [3.8, 4) is 0 Å². The molecule has 0 unspecified atom stereocenters. The van der Waals surface area contributed by atoms with Gasteiger partial charge in [0.2, 0.25) is 0 Å². The summed E-state index contributed by atoms with van der Waals surface area (Å²) in [6.45, 7) is 1.17. The summed E-state index contributed by atoms with van der Waals surface area (Å²) in [6.07, 6.45) is 1.68. The predicted molar refractivity (Wildman–Crippen MR) is 132 cm³/mol. The lowest BCUT2D eigenvalue weighted by atomic mass is 9.74. The van der Waals surface area contributed by atoms with Crippen LogP contribution in [0.4, 0.5) is 13.2 Å². The first-order chi connectivity index (χ1) is 17.8. The van der Waals surface area contributed by atoms with Crippen molar-refractivity contribution >= 4 is 40.9 Å². The molecule has 2 fully saturated rings. The molecule has 0 atom stereocenters. The number of halogens is 5. The van der Waals surface area contributed by atoms with Crippen LogP contribution in [0.1, 0.15) is 84.3 Å². The molecule has 13 heteroatoms. The van der Waals surface area contributed by atoms with Gasteiger partial charge in [0, 0.05) is 18.9 Å². The van der Waals surface area contributed by atoms with Crippen molar-refractivity contribution < 1.29 is 32.7 Å². The quantitative estimate of drug-likeness (QED) is 0.391. The number of amides is 1. The summed E-state index contributed by atoms with van der Waals surface area (Å²) in [4.78, 5) is 43.1. The van der Waals surface area contributed by atoms with Gasteiger partial charge in [0.1, 0.15) is 0 Å². The molecule has 0 saturated heterocycles. The van der Waals surface area contributed by atoms with E-state index in [1.165, 1.54) is 12.4 Å². The highest BCUT2D eigenvalue weighted by molar-refractivity contribution is 6.39. The average Bonchev–Trinajstić information content (AvgIpc) is 3.26. The second kappa shape index (κ2) is 10.8. The van der Waals surface area contributed by atoms with Crippen LogP contribution in [0.5, 0.6) is 0 Å². The lowest BCUT2D eigenvalue weighted by Gasteiger charge is -2.35. The highest BCUT2D eigenvalue weighted by Gasteiger charge is 2.45. The molecule has 1 N–H and O–H groups in total. The number of carbonyl (C=O) groups is 3. The van der Waals surface area contributed by atoms with Crippen LogP contribution in [0.3, 0.4) is 0 Å². The molecule has 0 aromatic carbocycles. The second-order valence-corrected chi connectivity index (χ2v) is 11.1. The Labute approximate surface area is 227 Å². The van der Waals surface area contributed by atoms with Gasteiger partial charge in [0.25, 0.3) is 5.91 Å². The zero-order valence-corrected chi connectivity index (χ0v) is 22.1. The van der Waals surface area contributed by atoms with E-state index in [1.807, 2.05) is 0 Å². The van der Waals surface area contributed by atoms with Crippen molar-refractivity contribution in [2.24, 2.45) is 11.3 Å². The van der Waals surface area contributed by atoms with Crippen LogP contribution in [0.15, 0.2) is 18.6 Å². The monoisotopic (exact) mass is 574 g/mol. The molecule has 4 rings (SSSR count). The van der Waals surface area contributed by atoms with E-state index in [-0.39, 0.29) is 53.8 Å². The topological polar surface area (TPSA) is 105 Å². The first-order valence-corrected chi connectivity index (χ1v) is 13.1. The van der Waals surface area contributed by atoms with Crippen LogP contribution < -0.4 is 0 Å². The van der Waals surface area contributed by atoms with Crippen LogP contribution in [0, 0.1) is 11.3 Å². The molecule has 2 aliphatic rings. The van der Waals surface area contributed by atoms with E-state index in [4.69, 9.17) is 23.2 Å². The fraction of sp³-hybridized carbons (Fsp3) is 0.560. The minimum Gasteiger partial charge on any atom is -0.481 e. The molecule has 2 aromatic heterocycles. The van der Waals surface area contributed by atoms with Gasteiger partial charge in [-0.1, -0.05) is 29.6 Å². The number of aliphatic carboxylic acids is 1. The molecule has 2 aromatic rings. The normalized spacial score (nSPS) is 22.1. The summed E-state index contributed by atoms with van der Waals surface area (Å²) in [5, 5.41) is 13.4. The largest absolute Gasteiger partial charge is 0.481 e. The van der Waals surface area contributed by atoms with E-state index in [1.54, 1.807) is 6.92 Å². The van der Waals surface area contributed by atoms with Gasteiger partial charge in [-0.2, -0.15) is 18.3 Å². The number of aromatic nitrogens is 3. The number of carbonyl (C=O) groups excluding carboxylic acids is 2. The fourth-order valence-electron chi connectivity index (χ4n) is 5.08. The number of carboxylic acid groups (broad SMARTS) is 1. The maximum Gasteiger partial charge on any atom is 0.433 e. The van der Waals surface area contributed by atoms with Gasteiger partial charge in [-0.15, -0.1) is 0 Å². The van der Waals surface area contributed by atoms with Gasteiger partial charge in [-0.3, -0.25) is 24.0 Å². The Bertz CT molecular complexity index is 1220. The molecule has 38 heavy (non-hydrogen) atoms. The summed E-state index contributed by atoms with van der Waals surface area (Å²) in [5.74, 6) is -2.51. The van der Waals surface area contributed by atoms with Gasteiger partial charge < -0.3 is 10.0 Å². The van der Waals surface area contributed by atoms with Crippen LogP contribution in [-0.2, 0) is 11.0 Å². The standard InChI is InChI=1S/C25H27Cl2F3N4O4/c1-24(23(37)38)7-5-15(6-8-24)34-21(25(28,29)30)16(9-32-34)22(36)33(12-14-3-2-4-14)13-19(35)20-17(26)10-31-11-18(20)27/h9-11,14-15H,2-8,12-13H2,1H3,(H,37,38). The fourth-order valence-corrected chi connectivity index (χ4v) is 5.66. The molecule has 1 amide bonds. The third-order valence-electron chi connectivity index (χ3n) is 7.67. The lowest BCUT2D eigenvalue weighted by molar-refractivity contribution is -0.152. The number of hydrogen-bond donors (Lipinski definition) is 1. The SMILES string of the molecule is CC1(C(=O)O)CCC(n2ncc(C(=O)N(CC(=O)c3c(Cl)cncc3Cl)CC3CCC3)c2C(F)(F)F)CC1. The van der Waals surface area contributed by atoms with E-state index in [0.29, 0.717) is 0 Å². The first kappa shape index (κ1) is 28.4. The zero-order chi connectivity index (χ0) is 27.8. The summed E-state index contributed by atoms with van der Waals surface area (Å²) >= 11 is 12.2. The van der Waals surface area contributed by atoms with Crippen molar-refractivity contribution in [3.63, 3.8) is 0 Å². The molecule has 8 nitrogen and oxygen atoms in total. The second-order valence-electron chi connectivity index (χ2n) is 10.3. The number of Topliss-reactive ketones (excluding diaryl/α,β-unsaturated/α-hetero) is 1. The van der Waals surface area contributed by atoms with E-state index in [9.17, 15) is 32.7 Å². The Morgan fingerprint density at radius 2 is 1.71 bits per heavy atom. The van der Waals surface area contributed by atoms with Gasteiger partial charge in [-0.25, -0.2) is 0 Å². The highest BCUT2D eigenvalue weighted by Crippen LogP contribution is 2.43. The maximum atomic E-state index is 14.3. The molecular weight excluding hydrogens is 548 g/mol. The van der Waals surface area contributed by atoms with Crippen LogP contribution in [0.2, 0.25) is 10.0 Å². The Balaban J connectivity index is 1.64. The van der Waals surface area contributed by atoms with Gasteiger partial charge in [0.05, 0.1) is 45.4 Å². The summed E-state index contributed by atoms with van der Waals surface area (Å²) in [6, 6.07) is -0.711. The number of rotatable bonds is 8. The number of hydrogen-bond acceptors (Lipinski definition) is 5. The van der Waals surface area contributed by atoms with Crippen molar-refractivity contribution in [2.45, 2.75) is 64.1 Å². The van der Waals surface area contributed by atoms with E-state index < -0.39 is 53.1 Å². The Hall–Kier alpha value is -2.66. The Morgan fingerprint density at radius 3 is 2.21 bits per heavy atom. The molecule has 0 radical (unpaired) electrons. The minimum atomic E-state index is -4.90. The Morgan fingerprint density at radius 1 is 1.11 bits per heavy atom. The van der Waals surface area contributed by atoms with Crippen molar-refractivity contribution in [1.29, 1.82) is 0 Å². The minimum absolute atomic E-state index is 0.0204. The molecule has 2 heterocycles. The number of nitrogens with zero attached hydrogens (tertiary/aromatic N) is 4. The number of alkyl halides is 3. The summed E-state index contributed by atoms with van der Waals surface area (Å²) < 4.78 is 43.8. The van der Waals surface area contributed by atoms with E-state index in [2.05, 4.69) is 10.1 Å². The number of carboxylic acids is 1. The third kappa shape index (κ3) is 5.68. The number of pyridine rings is 1. The lowest BCUT2D eigenvalue weighted by Crippen LogP contribution is -2.41. The van der Waals surface area contributed by atoms with Crippen LogP contribution in [0.25, 0.3) is 0 Å². The number of ketones is 1. The van der Waals surface area contributed by atoms with E-state index >= 15 is 0 Å². The van der Waals surface area contributed by atoms with Crippen LogP contribution >= 0.6 is 23.2 Å². The third-order valence-corrected chi connectivity index (χ3v) is 8.25. The molecule has 206 valence electrons. The van der Waals surface area contributed by atoms with Crippen molar-refractivity contribution in [1.82, 2.24) is 19.7 Å². The van der Waals surface area contributed by atoms with Gasteiger partial charge >= 0.3 is 12.1 Å². The van der Waals surface area contributed by atoms with Gasteiger partial charge in [-0.05, 0) is 51.4 Å². The molecule has 0 spiro atoms. The average molecular weight is 575 g/mol. The molecule has 2 saturated carbocycles. The smallest absolute Gasteiger partial charge is 0.433 e. The van der Waals surface area contributed by atoms with Crippen molar-refractivity contribution in [2.75, 3.05) is 13.1 Å². The van der Waals surface area contributed by atoms with Crippen molar-refractivity contribution in [3.05, 3.63) is 45.5 Å². The Kier molecular flexibility index (Phi) is 8.09. The highest BCUT2D eigenvalue weighted by atomic mass is 35.5. The van der Waals surface area contributed by atoms with E-state index in [0.717, 1.165) is 35.0 Å².